The highest BCUT2D eigenvalue weighted by Crippen LogP contribution is 2.31. The number of carbonyl (C=O) groups excluding carboxylic acids is 1. The number of amides is 1. The van der Waals surface area contributed by atoms with E-state index in [4.69, 9.17) is 9.47 Å². The molecule has 0 bridgehead atoms. The third kappa shape index (κ3) is 4.59. The van der Waals surface area contributed by atoms with Gasteiger partial charge in [0.15, 0.2) is 12.4 Å². The van der Waals surface area contributed by atoms with Gasteiger partial charge >= 0.3 is 5.69 Å². The lowest BCUT2D eigenvalue weighted by molar-refractivity contribution is -0.386. The number of hydrogen-bond donors (Lipinski definition) is 0. The zero-order valence-corrected chi connectivity index (χ0v) is 16.2. The van der Waals surface area contributed by atoms with Crippen molar-refractivity contribution in [2.75, 3.05) is 46.0 Å². The highest BCUT2D eigenvalue weighted by molar-refractivity contribution is 7.89. The number of morpholine rings is 1. The minimum Gasteiger partial charge on any atom is -0.477 e. The first-order valence-corrected chi connectivity index (χ1v) is 10.6. The minimum absolute atomic E-state index is 0.128. The first-order valence-electron chi connectivity index (χ1n) is 9.16. The van der Waals surface area contributed by atoms with Gasteiger partial charge in [0.05, 0.1) is 23.0 Å². The van der Waals surface area contributed by atoms with E-state index in [1.54, 1.807) is 4.90 Å². The quantitative estimate of drug-likeness (QED) is 0.504. The fourth-order valence-corrected chi connectivity index (χ4v) is 4.66. The molecule has 2 fully saturated rings. The Bertz CT molecular complexity index is 831. The van der Waals surface area contributed by atoms with Crippen molar-refractivity contribution in [2.45, 2.75) is 24.2 Å². The predicted molar refractivity (Wildman–Crippen MR) is 98.6 cm³/mol. The van der Waals surface area contributed by atoms with E-state index in [0.29, 0.717) is 13.1 Å². The van der Waals surface area contributed by atoms with Gasteiger partial charge in [-0.05, 0) is 31.4 Å². The Balaban J connectivity index is 1.75. The first-order chi connectivity index (χ1) is 13.4. The Morgan fingerprint density at radius 1 is 1.14 bits per heavy atom. The zero-order chi connectivity index (χ0) is 20.1. The third-order valence-electron chi connectivity index (χ3n) is 4.79. The normalized spacial score (nSPS) is 18.6. The molecule has 3 rings (SSSR count). The van der Waals surface area contributed by atoms with Crippen LogP contribution in [0.3, 0.4) is 0 Å². The van der Waals surface area contributed by atoms with Gasteiger partial charge in [0.2, 0.25) is 10.0 Å². The summed E-state index contributed by atoms with van der Waals surface area (Å²) in [6.45, 7) is 1.93. The zero-order valence-electron chi connectivity index (χ0n) is 15.4. The van der Waals surface area contributed by atoms with Crippen LogP contribution in [0.2, 0.25) is 0 Å². The van der Waals surface area contributed by atoms with Gasteiger partial charge in [-0.2, -0.15) is 4.31 Å². The molecule has 1 aromatic carbocycles. The second kappa shape index (κ2) is 8.84. The molecule has 0 aliphatic carbocycles. The van der Waals surface area contributed by atoms with Crippen molar-refractivity contribution < 1.29 is 27.6 Å². The number of sulfonamides is 1. The van der Waals surface area contributed by atoms with Crippen molar-refractivity contribution in [3.05, 3.63) is 28.3 Å². The van der Waals surface area contributed by atoms with Gasteiger partial charge in [-0.1, -0.05) is 0 Å². The van der Waals surface area contributed by atoms with Crippen molar-refractivity contribution in [3.8, 4) is 5.75 Å². The van der Waals surface area contributed by atoms with E-state index in [-0.39, 0.29) is 49.5 Å². The summed E-state index contributed by atoms with van der Waals surface area (Å²) in [5.41, 5.74) is -0.485. The molecule has 0 saturated carbocycles. The Labute approximate surface area is 163 Å². The van der Waals surface area contributed by atoms with E-state index >= 15 is 0 Å². The van der Waals surface area contributed by atoms with Crippen LogP contribution >= 0.6 is 0 Å². The number of benzene rings is 1. The van der Waals surface area contributed by atoms with Gasteiger partial charge in [0.1, 0.15) is 0 Å². The predicted octanol–water partition coefficient (Wildman–Crippen LogP) is 1.01. The van der Waals surface area contributed by atoms with Crippen molar-refractivity contribution in [1.82, 2.24) is 9.21 Å². The van der Waals surface area contributed by atoms with Crippen LogP contribution < -0.4 is 4.74 Å². The van der Waals surface area contributed by atoms with Crippen LogP contribution in [0.4, 0.5) is 5.69 Å². The van der Waals surface area contributed by atoms with E-state index in [2.05, 4.69) is 0 Å². The molecule has 1 amide bonds. The maximum absolute atomic E-state index is 12.7. The molecule has 0 N–H and O–H groups in total. The summed E-state index contributed by atoms with van der Waals surface area (Å²) in [6, 6.07) is 3.47. The number of carbonyl (C=O) groups is 1. The summed E-state index contributed by atoms with van der Waals surface area (Å²) in [6.07, 6.45) is 2.94. The Hall–Kier alpha value is -2.24. The summed E-state index contributed by atoms with van der Waals surface area (Å²) in [7, 11) is -3.87. The number of nitro benzene ring substituents is 1. The summed E-state index contributed by atoms with van der Waals surface area (Å²) in [4.78, 5) is 24.4. The molecule has 0 radical (unpaired) electrons. The molecule has 0 aromatic heterocycles. The average Bonchev–Trinajstić information content (AvgIpc) is 2.73. The largest absolute Gasteiger partial charge is 0.477 e. The first kappa shape index (κ1) is 20.5. The smallest absolute Gasteiger partial charge is 0.312 e. The molecular formula is C17H23N3O7S. The number of nitrogens with zero attached hydrogens (tertiary/aromatic N) is 3. The highest BCUT2D eigenvalue weighted by atomic mass is 32.2. The second-order valence-corrected chi connectivity index (χ2v) is 8.57. The van der Waals surface area contributed by atoms with E-state index in [0.717, 1.165) is 25.3 Å². The van der Waals surface area contributed by atoms with E-state index < -0.39 is 20.6 Å². The number of hydrogen-bond acceptors (Lipinski definition) is 7. The molecule has 0 unspecified atom stereocenters. The Morgan fingerprint density at radius 3 is 2.46 bits per heavy atom. The molecule has 10 nitrogen and oxygen atoms in total. The van der Waals surface area contributed by atoms with Crippen LogP contribution in [0, 0.1) is 10.1 Å². The van der Waals surface area contributed by atoms with Gasteiger partial charge in [-0.25, -0.2) is 8.42 Å². The minimum atomic E-state index is -3.87. The van der Waals surface area contributed by atoms with Crippen LogP contribution in [0.15, 0.2) is 23.1 Å². The lowest BCUT2D eigenvalue weighted by Crippen LogP contribution is -2.40. The van der Waals surface area contributed by atoms with Crippen LogP contribution in [0.25, 0.3) is 0 Å². The second-order valence-electron chi connectivity index (χ2n) is 6.63. The van der Waals surface area contributed by atoms with Crippen molar-refractivity contribution in [2.24, 2.45) is 0 Å². The van der Waals surface area contributed by atoms with E-state index in [1.165, 1.54) is 16.4 Å². The SMILES string of the molecule is O=C(COc1ccc(S(=O)(=O)N2CCOCC2)cc1[N+](=O)[O-])N1CCCCC1. The maximum Gasteiger partial charge on any atom is 0.312 e. The Morgan fingerprint density at radius 2 is 1.82 bits per heavy atom. The van der Waals surface area contributed by atoms with Crippen LogP contribution in [-0.2, 0) is 19.6 Å². The number of nitro groups is 1. The summed E-state index contributed by atoms with van der Waals surface area (Å²) >= 11 is 0. The lowest BCUT2D eigenvalue weighted by Gasteiger charge is -2.26. The fourth-order valence-electron chi connectivity index (χ4n) is 3.23. The van der Waals surface area contributed by atoms with Gasteiger partial charge in [-0.3, -0.25) is 14.9 Å². The molecular weight excluding hydrogens is 390 g/mol. The molecule has 2 saturated heterocycles. The molecule has 0 spiro atoms. The van der Waals surface area contributed by atoms with E-state index in [1.807, 2.05) is 0 Å². The molecule has 11 heteroatoms. The summed E-state index contributed by atoms with van der Waals surface area (Å²) in [5, 5.41) is 11.4. The van der Waals surface area contributed by atoms with Crippen LogP contribution in [0.1, 0.15) is 19.3 Å². The van der Waals surface area contributed by atoms with Crippen molar-refractivity contribution >= 4 is 21.6 Å². The van der Waals surface area contributed by atoms with Gasteiger partial charge in [-0.15, -0.1) is 0 Å². The van der Waals surface area contributed by atoms with Crippen molar-refractivity contribution in [3.63, 3.8) is 0 Å². The fraction of sp³-hybridized carbons (Fsp3) is 0.588. The number of piperidine rings is 1. The highest BCUT2D eigenvalue weighted by Gasteiger charge is 2.29. The number of ether oxygens (including phenoxy) is 2. The maximum atomic E-state index is 12.7. The molecule has 28 heavy (non-hydrogen) atoms. The molecule has 2 aliphatic heterocycles. The summed E-state index contributed by atoms with van der Waals surface area (Å²) < 4.78 is 37.1. The van der Waals surface area contributed by atoms with E-state index in [9.17, 15) is 23.3 Å². The monoisotopic (exact) mass is 413 g/mol. The summed E-state index contributed by atoms with van der Waals surface area (Å²) in [5.74, 6) is -0.365. The molecule has 2 aliphatic rings. The van der Waals surface area contributed by atoms with Gasteiger partial charge in [0.25, 0.3) is 5.91 Å². The standard InChI is InChI=1S/C17H23N3O7S/c21-17(18-6-2-1-3-7-18)13-27-16-5-4-14(12-15(16)20(22)23)28(24,25)19-8-10-26-11-9-19/h4-5,12H,1-3,6-11,13H2. The molecule has 154 valence electrons. The average molecular weight is 413 g/mol. The van der Waals surface area contributed by atoms with Crippen molar-refractivity contribution in [1.29, 1.82) is 0 Å². The van der Waals surface area contributed by atoms with Gasteiger partial charge in [0, 0.05) is 32.2 Å². The number of likely N-dealkylation sites (tertiary alicyclic amines) is 1. The number of rotatable bonds is 6. The topological polar surface area (TPSA) is 119 Å². The third-order valence-corrected chi connectivity index (χ3v) is 6.69. The van der Waals surface area contributed by atoms with Crippen LogP contribution in [0.5, 0.6) is 5.75 Å². The molecule has 1 aromatic rings. The van der Waals surface area contributed by atoms with Gasteiger partial charge < -0.3 is 14.4 Å². The molecule has 2 heterocycles. The Kier molecular flexibility index (Phi) is 6.47. The van der Waals surface area contributed by atoms with Crippen LogP contribution in [-0.4, -0.2) is 74.5 Å². The molecule has 0 atom stereocenters. The lowest BCUT2D eigenvalue weighted by atomic mass is 10.1.